The summed E-state index contributed by atoms with van der Waals surface area (Å²) in [7, 11) is 3.71. The zero-order valence-corrected chi connectivity index (χ0v) is 17.8. The third-order valence-electron chi connectivity index (χ3n) is 5.76. The monoisotopic (exact) mass is 411 g/mol. The number of nitrogens with zero attached hydrogens (tertiary/aromatic N) is 4. The van der Waals surface area contributed by atoms with Crippen molar-refractivity contribution < 1.29 is 4.74 Å². The van der Waals surface area contributed by atoms with Crippen molar-refractivity contribution in [2.24, 2.45) is 7.05 Å². The van der Waals surface area contributed by atoms with Gasteiger partial charge < -0.3 is 14.3 Å². The summed E-state index contributed by atoms with van der Waals surface area (Å²) in [6.45, 7) is 0. The topological polar surface area (TPSA) is 68.6 Å². The molecule has 0 atom stereocenters. The van der Waals surface area contributed by atoms with Crippen LogP contribution in [0.3, 0.4) is 0 Å². The molecule has 0 aliphatic carbocycles. The fourth-order valence-electron chi connectivity index (χ4n) is 4.09. The fraction of sp³-hybridized carbons (Fsp3) is 0.240. The molecule has 6 heteroatoms. The van der Waals surface area contributed by atoms with Crippen LogP contribution in [-0.2, 0) is 26.3 Å². The minimum atomic E-state index is 0.782. The van der Waals surface area contributed by atoms with Crippen LogP contribution in [0.2, 0.25) is 0 Å². The van der Waals surface area contributed by atoms with Crippen LogP contribution in [0.4, 0.5) is 0 Å². The molecule has 0 aliphatic rings. The highest BCUT2D eigenvalue weighted by Crippen LogP contribution is 2.24. The number of imidazole rings is 1. The van der Waals surface area contributed by atoms with Crippen LogP contribution in [0.5, 0.6) is 5.75 Å². The molecule has 3 aromatic heterocycles. The van der Waals surface area contributed by atoms with Crippen molar-refractivity contribution in [1.82, 2.24) is 24.5 Å². The van der Waals surface area contributed by atoms with Crippen LogP contribution in [0.15, 0.2) is 61.2 Å². The van der Waals surface area contributed by atoms with E-state index in [2.05, 4.69) is 51.5 Å². The Balaban J connectivity index is 1.25. The minimum Gasteiger partial charge on any atom is -0.497 e. The minimum absolute atomic E-state index is 0.782. The van der Waals surface area contributed by atoms with E-state index in [0.29, 0.717) is 0 Å². The predicted octanol–water partition coefficient (Wildman–Crippen LogP) is 4.62. The number of benzene rings is 2. The molecule has 0 unspecified atom stereocenters. The summed E-state index contributed by atoms with van der Waals surface area (Å²) in [6, 6.07) is 14.5. The van der Waals surface area contributed by atoms with E-state index in [1.54, 1.807) is 7.11 Å². The fourth-order valence-corrected chi connectivity index (χ4v) is 4.09. The molecule has 0 aliphatic heterocycles. The molecular weight excluding hydrogens is 386 g/mol. The highest BCUT2D eigenvalue weighted by Gasteiger charge is 2.08. The van der Waals surface area contributed by atoms with E-state index in [-0.39, 0.29) is 0 Å². The van der Waals surface area contributed by atoms with Gasteiger partial charge >= 0.3 is 0 Å². The number of aromatic nitrogens is 5. The molecule has 0 spiro atoms. The summed E-state index contributed by atoms with van der Waals surface area (Å²) in [5, 5.41) is 1.22. The predicted molar refractivity (Wildman–Crippen MR) is 122 cm³/mol. The maximum Gasteiger partial charge on any atom is 0.128 e. The first-order valence-electron chi connectivity index (χ1n) is 10.5. The van der Waals surface area contributed by atoms with Crippen molar-refractivity contribution in [2.75, 3.05) is 7.11 Å². The Morgan fingerprint density at radius 2 is 1.97 bits per heavy atom. The number of hydrogen-bond acceptors (Lipinski definition) is 4. The van der Waals surface area contributed by atoms with Crippen LogP contribution in [0.25, 0.3) is 21.9 Å². The molecule has 5 aromatic rings. The lowest BCUT2D eigenvalue weighted by atomic mass is 10.1. The van der Waals surface area contributed by atoms with Gasteiger partial charge in [-0.05, 0) is 60.4 Å². The van der Waals surface area contributed by atoms with E-state index >= 15 is 0 Å². The van der Waals surface area contributed by atoms with Crippen LogP contribution >= 0.6 is 0 Å². The molecule has 31 heavy (non-hydrogen) atoms. The zero-order chi connectivity index (χ0) is 21.2. The number of nitrogens with one attached hydrogen (secondary N) is 1. The van der Waals surface area contributed by atoms with E-state index in [1.807, 2.05) is 36.3 Å². The molecule has 3 heterocycles. The highest BCUT2D eigenvalue weighted by molar-refractivity contribution is 5.84. The molecule has 6 nitrogen and oxygen atoms in total. The average Bonchev–Trinajstić information content (AvgIpc) is 3.37. The molecular formula is C25H25N5O. The number of methoxy groups -OCH3 is 1. The molecule has 0 bridgehead atoms. The second-order valence-corrected chi connectivity index (χ2v) is 7.90. The molecule has 156 valence electrons. The summed E-state index contributed by atoms with van der Waals surface area (Å²) < 4.78 is 7.40. The lowest BCUT2D eigenvalue weighted by Gasteiger charge is -2.05. The zero-order valence-electron chi connectivity index (χ0n) is 17.8. The Morgan fingerprint density at radius 1 is 1.03 bits per heavy atom. The van der Waals surface area contributed by atoms with Gasteiger partial charge in [0, 0.05) is 48.9 Å². The Labute approximate surface area is 180 Å². The molecule has 0 fully saturated rings. The van der Waals surface area contributed by atoms with Crippen LogP contribution in [0, 0.1) is 0 Å². The largest absolute Gasteiger partial charge is 0.497 e. The highest BCUT2D eigenvalue weighted by atomic mass is 16.5. The number of aryl methyl sites for hydroxylation is 3. The summed E-state index contributed by atoms with van der Waals surface area (Å²) in [5.74, 6) is 1.78. The summed E-state index contributed by atoms with van der Waals surface area (Å²) in [5.41, 5.74) is 6.85. The van der Waals surface area contributed by atoms with Crippen molar-refractivity contribution in [2.45, 2.75) is 25.7 Å². The van der Waals surface area contributed by atoms with Crippen molar-refractivity contribution in [3.63, 3.8) is 0 Å². The Hall–Kier alpha value is -3.67. The first kappa shape index (κ1) is 19.3. The first-order chi connectivity index (χ1) is 15.2. The number of fused-ring (bicyclic) bond motifs is 2. The van der Waals surface area contributed by atoms with Gasteiger partial charge in [-0.15, -0.1) is 0 Å². The van der Waals surface area contributed by atoms with Crippen molar-refractivity contribution >= 4 is 21.9 Å². The smallest absolute Gasteiger partial charge is 0.128 e. The summed E-state index contributed by atoms with van der Waals surface area (Å²) in [4.78, 5) is 17.1. The van der Waals surface area contributed by atoms with Gasteiger partial charge in [-0.25, -0.2) is 15.0 Å². The normalized spacial score (nSPS) is 11.4. The second kappa shape index (κ2) is 8.22. The Kier molecular flexibility index (Phi) is 5.12. The van der Waals surface area contributed by atoms with Crippen LogP contribution in [0.1, 0.15) is 29.1 Å². The van der Waals surface area contributed by atoms with Gasteiger partial charge in [-0.2, -0.15) is 0 Å². The van der Waals surface area contributed by atoms with Gasteiger partial charge in [0.15, 0.2) is 0 Å². The van der Waals surface area contributed by atoms with E-state index in [1.165, 1.54) is 16.5 Å². The number of hydrogen-bond donors (Lipinski definition) is 1. The van der Waals surface area contributed by atoms with Crippen LogP contribution < -0.4 is 4.74 Å². The van der Waals surface area contributed by atoms with E-state index in [0.717, 1.165) is 59.5 Å². The number of rotatable bonds is 7. The molecule has 0 saturated heterocycles. The second-order valence-electron chi connectivity index (χ2n) is 7.90. The Morgan fingerprint density at radius 3 is 2.87 bits per heavy atom. The van der Waals surface area contributed by atoms with Crippen LogP contribution in [-0.4, -0.2) is 31.6 Å². The van der Waals surface area contributed by atoms with E-state index < -0.39 is 0 Å². The maximum absolute atomic E-state index is 5.37. The third kappa shape index (κ3) is 4.01. The van der Waals surface area contributed by atoms with Crippen molar-refractivity contribution in [1.29, 1.82) is 0 Å². The summed E-state index contributed by atoms with van der Waals surface area (Å²) in [6.07, 6.45) is 9.41. The number of ether oxygens (including phenoxy) is 1. The molecule has 1 N–H and O–H groups in total. The lowest BCUT2D eigenvalue weighted by Crippen LogP contribution is -2.01. The standard InChI is InChI=1S/C25H25N5O/c1-30-16-28-23-13-17(6-9-24(23)30)12-19-10-11-26-25(29-19)5-3-4-18-15-27-22-8-7-20(31-2)14-21(18)22/h6-11,13-16,27H,3-5,12H2,1-2H3. The van der Waals surface area contributed by atoms with Gasteiger partial charge in [-0.1, -0.05) is 6.07 Å². The summed E-state index contributed by atoms with van der Waals surface area (Å²) >= 11 is 0. The average molecular weight is 412 g/mol. The van der Waals surface area contributed by atoms with E-state index in [9.17, 15) is 0 Å². The Bertz CT molecular complexity index is 1350. The van der Waals surface area contributed by atoms with Gasteiger partial charge in [0.2, 0.25) is 0 Å². The van der Waals surface area contributed by atoms with Gasteiger partial charge in [0.25, 0.3) is 0 Å². The molecule has 5 rings (SSSR count). The molecule has 0 radical (unpaired) electrons. The quantitative estimate of drug-likeness (QED) is 0.424. The van der Waals surface area contributed by atoms with Gasteiger partial charge in [0.05, 0.1) is 24.5 Å². The molecule has 2 aromatic carbocycles. The first-order valence-corrected chi connectivity index (χ1v) is 10.5. The third-order valence-corrected chi connectivity index (χ3v) is 5.76. The van der Waals surface area contributed by atoms with Gasteiger partial charge in [0.1, 0.15) is 11.6 Å². The van der Waals surface area contributed by atoms with Gasteiger partial charge in [-0.3, -0.25) is 0 Å². The number of aromatic amines is 1. The molecule has 0 amide bonds. The van der Waals surface area contributed by atoms with Crippen molar-refractivity contribution in [3.05, 3.63) is 83.8 Å². The van der Waals surface area contributed by atoms with Crippen molar-refractivity contribution in [3.8, 4) is 5.75 Å². The van der Waals surface area contributed by atoms with E-state index in [4.69, 9.17) is 9.72 Å². The lowest BCUT2D eigenvalue weighted by molar-refractivity contribution is 0.415. The maximum atomic E-state index is 5.37. The SMILES string of the molecule is COc1ccc2[nH]cc(CCCc3nccc(Cc4ccc5c(c4)ncn5C)n3)c2c1. The number of H-pyrrole nitrogens is 1. The molecule has 0 saturated carbocycles.